The zero-order valence-corrected chi connectivity index (χ0v) is 21.3. The molecule has 3 heterocycles. The van der Waals surface area contributed by atoms with Crippen molar-refractivity contribution in [2.24, 2.45) is 0 Å². The number of sulfonamides is 1. The third-order valence-electron chi connectivity index (χ3n) is 5.75. The molecule has 1 aromatic carbocycles. The maximum absolute atomic E-state index is 13.2. The van der Waals surface area contributed by atoms with Gasteiger partial charge in [-0.05, 0) is 76.9 Å². The molecule has 10 heteroatoms. The van der Waals surface area contributed by atoms with Crippen LogP contribution in [0.2, 0.25) is 0 Å². The highest BCUT2D eigenvalue weighted by molar-refractivity contribution is 7.89. The van der Waals surface area contributed by atoms with E-state index in [1.807, 2.05) is 33.8 Å². The predicted octanol–water partition coefficient (Wildman–Crippen LogP) is 4.10. The van der Waals surface area contributed by atoms with Gasteiger partial charge in [-0.15, -0.1) is 0 Å². The molecule has 1 aliphatic heterocycles. The molecule has 186 valence electrons. The highest BCUT2D eigenvalue weighted by atomic mass is 32.2. The van der Waals surface area contributed by atoms with E-state index in [-0.39, 0.29) is 11.0 Å². The first kappa shape index (κ1) is 24.9. The van der Waals surface area contributed by atoms with Crippen LogP contribution in [-0.4, -0.2) is 52.6 Å². The second-order valence-corrected chi connectivity index (χ2v) is 10.9. The highest BCUT2D eigenvalue weighted by Gasteiger charge is 2.27. The zero-order valence-electron chi connectivity index (χ0n) is 20.5. The van der Waals surface area contributed by atoms with Crippen LogP contribution in [0.1, 0.15) is 54.9 Å². The van der Waals surface area contributed by atoms with Gasteiger partial charge < -0.3 is 10.1 Å². The largest absolute Gasteiger partial charge is 0.489 e. The van der Waals surface area contributed by atoms with Gasteiger partial charge in [-0.3, -0.25) is 4.79 Å². The number of rotatable bonds is 7. The number of nitrogens with one attached hydrogen (secondary N) is 1. The number of ether oxygens (including phenoxy) is 1. The molecule has 0 saturated carbocycles. The maximum Gasteiger partial charge on any atom is 0.257 e. The van der Waals surface area contributed by atoms with E-state index < -0.39 is 15.9 Å². The molecule has 1 amide bonds. The second kappa shape index (κ2) is 10.2. The topological polar surface area (TPSA) is 106 Å². The molecule has 2 aromatic heterocycles. The minimum Gasteiger partial charge on any atom is -0.489 e. The molecule has 0 aliphatic carbocycles. The van der Waals surface area contributed by atoms with Crippen LogP contribution in [0, 0.1) is 13.8 Å². The van der Waals surface area contributed by atoms with Gasteiger partial charge in [0.1, 0.15) is 5.75 Å². The fourth-order valence-electron chi connectivity index (χ4n) is 4.08. The number of benzene rings is 1. The van der Waals surface area contributed by atoms with Gasteiger partial charge in [0.25, 0.3) is 5.91 Å². The molecule has 0 unspecified atom stereocenters. The van der Waals surface area contributed by atoms with Crippen LogP contribution < -0.4 is 10.1 Å². The lowest BCUT2D eigenvalue weighted by molar-refractivity contribution is 0.102. The predicted molar refractivity (Wildman–Crippen MR) is 134 cm³/mol. The molecule has 9 nitrogen and oxygen atoms in total. The van der Waals surface area contributed by atoms with Crippen molar-refractivity contribution >= 4 is 21.6 Å². The van der Waals surface area contributed by atoms with Gasteiger partial charge in [0.05, 0.1) is 27.9 Å². The van der Waals surface area contributed by atoms with Crippen LogP contribution in [0.5, 0.6) is 5.75 Å². The summed E-state index contributed by atoms with van der Waals surface area (Å²) in [5, 5.41) is 7.22. The van der Waals surface area contributed by atoms with E-state index in [9.17, 15) is 13.2 Å². The Morgan fingerprint density at radius 3 is 2.40 bits per heavy atom. The van der Waals surface area contributed by atoms with Crippen molar-refractivity contribution in [1.82, 2.24) is 19.1 Å². The molecule has 0 spiro atoms. The zero-order chi connectivity index (χ0) is 25.2. The van der Waals surface area contributed by atoms with E-state index in [1.54, 1.807) is 22.9 Å². The van der Waals surface area contributed by atoms with Gasteiger partial charge in [0.2, 0.25) is 10.0 Å². The first-order valence-corrected chi connectivity index (χ1v) is 13.2. The number of pyridine rings is 1. The van der Waals surface area contributed by atoms with E-state index in [1.165, 1.54) is 22.6 Å². The van der Waals surface area contributed by atoms with Gasteiger partial charge >= 0.3 is 0 Å². The summed E-state index contributed by atoms with van der Waals surface area (Å²) in [7, 11) is -3.66. The van der Waals surface area contributed by atoms with Crippen LogP contribution in [0.25, 0.3) is 5.82 Å². The summed E-state index contributed by atoms with van der Waals surface area (Å²) in [4.78, 5) is 17.6. The third-order valence-corrected chi connectivity index (χ3v) is 7.65. The Hall–Kier alpha value is -3.24. The molecule has 0 radical (unpaired) electrons. The van der Waals surface area contributed by atoms with Crippen LogP contribution in [0.15, 0.2) is 47.5 Å². The van der Waals surface area contributed by atoms with Crippen molar-refractivity contribution in [2.75, 3.05) is 18.4 Å². The van der Waals surface area contributed by atoms with Crippen LogP contribution >= 0.6 is 0 Å². The number of piperidine rings is 1. The fraction of sp³-hybridized carbons (Fsp3) is 0.400. The van der Waals surface area contributed by atoms with Crippen molar-refractivity contribution in [1.29, 1.82) is 0 Å². The SMILES string of the molecule is Cc1cc(C)n(-c2ccc(C(=O)Nc3cc(S(=O)(=O)N4CCCCC4)ccc3OC(C)C)cn2)n1. The second-order valence-electron chi connectivity index (χ2n) is 8.99. The Bertz CT molecular complexity index is 1310. The van der Waals surface area contributed by atoms with E-state index in [2.05, 4.69) is 15.4 Å². The van der Waals surface area contributed by atoms with Crippen molar-refractivity contribution in [3.05, 3.63) is 59.5 Å². The monoisotopic (exact) mass is 497 g/mol. The fourth-order valence-corrected chi connectivity index (χ4v) is 5.62. The lowest BCUT2D eigenvalue weighted by atomic mass is 10.2. The first-order valence-electron chi connectivity index (χ1n) is 11.8. The Morgan fingerprint density at radius 2 is 1.80 bits per heavy atom. The summed E-state index contributed by atoms with van der Waals surface area (Å²) >= 11 is 0. The normalized spacial score (nSPS) is 14.8. The van der Waals surface area contributed by atoms with Gasteiger partial charge in [0.15, 0.2) is 5.82 Å². The molecule has 4 rings (SSSR count). The molecule has 1 saturated heterocycles. The van der Waals surface area contributed by atoms with Crippen molar-refractivity contribution < 1.29 is 17.9 Å². The molecule has 1 N–H and O–H groups in total. The molecule has 1 aliphatic rings. The number of amides is 1. The Morgan fingerprint density at radius 1 is 1.06 bits per heavy atom. The number of hydrogen-bond donors (Lipinski definition) is 1. The number of nitrogens with zero attached hydrogens (tertiary/aromatic N) is 4. The number of aromatic nitrogens is 3. The van der Waals surface area contributed by atoms with E-state index in [0.29, 0.717) is 35.9 Å². The number of anilines is 1. The smallest absolute Gasteiger partial charge is 0.257 e. The quantitative estimate of drug-likeness (QED) is 0.527. The minimum atomic E-state index is -3.66. The minimum absolute atomic E-state index is 0.129. The molecule has 3 aromatic rings. The van der Waals surface area contributed by atoms with Gasteiger partial charge in [-0.1, -0.05) is 6.42 Å². The summed E-state index contributed by atoms with van der Waals surface area (Å²) in [6.45, 7) is 8.57. The average molecular weight is 498 g/mol. The lowest BCUT2D eigenvalue weighted by Crippen LogP contribution is -2.35. The van der Waals surface area contributed by atoms with Crippen LogP contribution in [0.4, 0.5) is 5.69 Å². The van der Waals surface area contributed by atoms with E-state index in [0.717, 1.165) is 30.7 Å². The lowest BCUT2D eigenvalue weighted by Gasteiger charge is -2.26. The molecular weight excluding hydrogens is 466 g/mol. The summed E-state index contributed by atoms with van der Waals surface area (Å²) in [5.41, 5.74) is 2.44. The highest BCUT2D eigenvalue weighted by Crippen LogP contribution is 2.31. The number of carbonyl (C=O) groups is 1. The summed E-state index contributed by atoms with van der Waals surface area (Å²) in [6, 6.07) is 9.92. The summed E-state index contributed by atoms with van der Waals surface area (Å²) in [5.74, 6) is 0.585. The summed E-state index contributed by atoms with van der Waals surface area (Å²) in [6.07, 6.45) is 4.03. The summed E-state index contributed by atoms with van der Waals surface area (Å²) < 4.78 is 35.4. The Balaban J connectivity index is 1.60. The average Bonchev–Trinajstić information content (AvgIpc) is 3.18. The Labute approximate surface area is 206 Å². The van der Waals surface area contributed by atoms with Crippen molar-refractivity contribution in [3.8, 4) is 11.6 Å². The van der Waals surface area contributed by atoms with Crippen LogP contribution in [0.3, 0.4) is 0 Å². The Kier molecular flexibility index (Phi) is 7.23. The molecule has 1 fully saturated rings. The van der Waals surface area contributed by atoms with Gasteiger partial charge in [-0.25, -0.2) is 18.1 Å². The van der Waals surface area contributed by atoms with E-state index in [4.69, 9.17) is 4.74 Å². The van der Waals surface area contributed by atoms with Gasteiger partial charge in [-0.2, -0.15) is 9.40 Å². The number of aryl methyl sites for hydroxylation is 2. The van der Waals surface area contributed by atoms with Crippen molar-refractivity contribution in [3.63, 3.8) is 0 Å². The van der Waals surface area contributed by atoms with Gasteiger partial charge in [0, 0.05) is 25.0 Å². The third kappa shape index (κ3) is 5.54. The molecular formula is C25H31N5O4S. The standard InChI is InChI=1S/C25H31N5O4S/c1-17(2)34-23-10-9-21(35(32,33)29-12-6-5-7-13-29)15-22(23)27-25(31)20-8-11-24(26-16-20)30-19(4)14-18(3)28-30/h8-11,14-17H,5-7,12-13H2,1-4H3,(H,27,31). The molecule has 0 atom stereocenters. The molecule has 35 heavy (non-hydrogen) atoms. The van der Waals surface area contributed by atoms with E-state index >= 15 is 0 Å². The van der Waals surface area contributed by atoms with Crippen molar-refractivity contribution in [2.45, 2.75) is 58.0 Å². The van der Waals surface area contributed by atoms with Crippen LogP contribution in [-0.2, 0) is 10.0 Å². The molecule has 0 bridgehead atoms. The number of carbonyl (C=O) groups excluding carboxylic acids is 1. The maximum atomic E-state index is 13.2. The number of hydrogen-bond acceptors (Lipinski definition) is 6. The first-order chi connectivity index (χ1) is 16.6.